The Labute approximate surface area is 198 Å². The van der Waals surface area contributed by atoms with Gasteiger partial charge in [-0.15, -0.1) is 0 Å². The lowest BCUT2D eigenvalue weighted by molar-refractivity contribution is 0.960. The molecule has 0 N–H and O–H groups in total. The third-order valence-electron chi connectivity index (χ3n) is 5.51. The highest BCUT2D eigenvalue weighted by Crippen LogP contribution is 2.38. The van der Waals surface area contributed by atoms with Crippen LogP contribution in [0.15, 0.2) is 109 Å². The predicted octanol–water partition coefficient (Wildman–Crippen LogP) is 8.29. The van der Waals surface area contributed by atoms with Crippen LogP contribution in [0.3, 0.4) is 0 Å². The highest BCUT2D eigenvalue weighted by molar-refractivity contribution is 7.71. The van der Waals surface area contributed by atoms with Crippen molar-refractivity contribution in [3.05, 3.63) is 125 Å². The molecule has 1 heterocycles. The molecule has 0 fully saturated rings. The van der Waals surface area contributed by atoms with E-state index < -0.39 is 0 Å². The summed E-state index contributed by atoms with van der Waals surface area (Å²) in [5.74, 6) is 0. The Morgan fingerprint density at radius 1 is 0.594 bits per heavy atom. The summed E-state index contributed by atoms with van der Waals surface area (Å²) < 4.78 is 4.97. The van der Waals surface area contributed by atoms with E-state index in [0.717, 1.165) is 33.9 Å². The molecule has 156 valence electrons. The standard InChI is InChI=1S/C28H21ClN2S/c1-20-15-17-24(18-16-20)30-26(21-9-4-2-5-10-21)27(22-11-6-3-7-12-22)31(28(30)32)25-14-8-13-23(29)19-25/h2-19H,1H3. The molecule has 0 aliphatic heterocycles. The molecule has 5 rings (SSSR count). The van der Waals surface area contributed by atoms with Crippen LogP contribution in [0.5, 0.6) is 0 Å². The monoisotopic (exact) mass is 452 g/mol. The van der Waals surface area contributed by atoms with Crippen molar-refractivity contribution in [1.82, 2.24) is 9.13 Å². The molecule has 32 heavy (non-hydrogen) atoms. The third kappa shape index (κ3) is 3.70. The second-order valence-electron chi connectivity index (χ2n) is 7.70. The molecule has 0 amide bonds. The van der Waals surface area contributed by atoms with E-state index in [1.54, 1.807) is 0 Å². The second kappa shape index (κ2) is 8.62. The van der Waals surface area contributed by atoms with Gasteiger partial charge in [-0.2, -0.15) is 0 Å². The number of hydrogen-bond donors (Lipinski definition) is 0. The van der Waals surface area contributed by atoms with Gasteiger partial charge in [-0.3, -0.25) is 9.13 Å². The molecular formula is C28H21ClN2S. The minimum Gasteiger partial charge on any atom is -0.284 e. The fourth-order valence-corrected chi connectivity index (χ4v) is 4.59. The molecule has 0 saturated heterocycles. The highest BCUT2D eigenvalue weighted by atomic mass is 35.5. The van der Waals surface area contributed by atoms with E-state index in [9.17, 15) is 0 Å². The predicted molar refractivity (Wildman–Crippen MR) is 137 cm³/mol. The van der Waals surface area contributed by atoms with Crippen LogP contribution in [0.1, 0.15) is 5.56 Å². The molecule has 0 radical (unpaired) electrons. The largest absolute Gasteiger partial charge is 0.284 e. The summed E-state index contributed by atoms with van der Waals surface area (Å²) in [7, 11) is 0. The van der Waals surface area contributed by atoms with Crippen LogP contribution < -0.4 is 0 Å². The smallest absolute Gasteiger partial charge is 0.190 e. The fourth-order valence-electron chi connectivity index (χ4n) is 4.01. The lowest BCUT2D eigenvalue weighted by Gasteiger charge is -2.12. The molecular weight excluding hydrogens is 432 g/mol. The van der Waals surface area contributed by atoms with Crippen molar-refractivity contribution in [3.8, 4) is 33.9 Å². The van der Waals surface area contributed by atoms with Gasteiger partial charge in [-0.25, -0.2) is 0 Å². The minimum absolute atomic E-state index is 0.674. The van der Waals surface area contributed by atoms with Gasteiger partial charge in [0, 0.05) is 27.5 Å². The van der Waals surface area contributed by atoms with Crippen LogP contribution >= 0.6 is 23.8 Å². The van der Waals surface area contributed by atoms with Crippen molar-refractivity contribution >= 4 is 23.8 Å². The van der Waals surface area contributed by atoms with Gasteiger partial charge in [0.15, 0.2) is 4.77 Å². The molecule has 0 spiro atoms. The first-order chi connectivity index (χ1) is 15.6. The number of nitrogens with zero attached hydrogens (tertiary/aromatic N) is 2. The van der Waals surface area contributed by atoms with Crippen LogP contribution in [0, 0.1) is 11.7 Å². The summed E-state index contributed by atoms with van der Waals surface area (Å²) >= 11 is 12.5. The molecule has 2 nitrogen and oxygen atoms in total. The van der Waals surface area contributed by atoms with E-state index in [-0.39, 0.29) is 0 Å². The Morgan fingerprint density at radius 2 is 1.12 bits per heavy atom. The van der Waals surface area contributed by atoms with Gasteiger partial charge in [-0.1, -0.05) is 96.0 Å². The van der Waals surface area contributed by atoms with Crippen LogP contribution in [-0.4, -0.2) is 9.13 Å². The van der Waals surface area contributed by atoms with Crippen molar-refractivity contribution in [2.24, 2.45) is 0 Å². The normalized spacial score (nSPS) is 10.9. The van der Waals surface area contributed by atoms with Crippen molar-refractivity contribution < 1.29 is 0 Å². The molecule has 0 aliphatic rings. The Kier molecular flexibility index (Phi) is 5.52. The molecule has 0 saturated carbocycles. The highest BCUT2D eigenvalue weighted by Gasteiger charge is 2.22. The number of aryl methyl sites for hydroxylation is 1. The molecule has 4 heteroatoms. The van der Waals surface area contributed by atoms with E-state index in [2.05, 4.69) is 88.9 Å². The number of hydrogen-bond acceptors (Lipinski definition) is 1. The number of benzene rings is 4. The summed E-state index contributed by atoms with van der Waals surface area (Å²) in [5, 5.41) is 0.674. The van der Waals surface area contributed by atoms with E-state index in [1.165, 1.54) is 5.56 Å². The number of rotatable bonds is 4. The molecule has 0 unspecified atom stereocenters. The first-order valence-corrected chi connectivity index (χ1v) is 11.2. The van der Waals surface area contributed by atoms with E-state index in [0.29, 0.717) is 9.79 Å². The van der Waals surface area contributed by atoms with Crippen molar-refractivity contribution in [2.45, 2.75) is 6.92 Å². The first-order valence-electron chi connectivity index (χ1n) is 10.4. The number of imidazole rings is 1. The zero-order valence-electron chi connectivity index (χ0n) is 17.6. The summed E-state index contributed by atoms with van der Waals surface area (Å²) in [5.41, 5.74) is 7.43. The maximum Gasteiger partial charge on any atom is 0.190 e. The maximum atomic E-state index is 6.39. The molecule has 4 aromatic carbocycles. The Bertz CT molecular complexity index is 1430. The van der Waals surface area contributed by atoms with Gasteiger partial charge in [0.1, 0.15) is 0 Å². The van der Waals surface area contributed by atoms with Crippen LogP contribution in [0.25, 0.3) is 33.9 Å². The van der Waals surface area contributed by atoms with E-state index >= 15 is 0 Å². The van der Waals surface area contributed by atoms with Gasteiger partial charge in [-0.05, 0) is 49.5 Å². The topological polar surface area (TPSA) is 9.86 Å². The zero-order valence-corrected chi connectivity index (χ0v) is 19.1. The molecule has 0 aliphatic carbocycles. The van der Waals surface area contributed by atoms with Gasteiger partial charge >= 0.3 is 0 Å². The number of aromatic nitrogens is 2. The average molecular weight is 453 g/mol. The van der Waals surface area contributed by atoms with Crippen LogP contribution in [0.2, 0.25) is 5.02 Å². The van der Waals surface area contributed by atoms with Gasteiger partial charge in [0.25, 0.3) is 0 Å². The Morgan fingerprint density at radius 3 is 1.66 bits per heavy atom. The average Bonchev–Trinajstić information content (AvgIpc) is 3.13. The van der Waals surface area contributed by atoms with Gasteiger partial charge < -0.3 is 0 Å². The van der Waals surface area contributed by atoms with Gasteiger partial charge in [0.2, 0.25) is 0 Å². The van der Waals surface area contributed by atoms with Crippen molar-refractivity contribution in [3.63, 3.8) is 0 Å². The lowest BCUT2D eigenvalue weighted by Crippen LogP contribution is -1.99. The fraction of sp³-hybridized carbons (Fsp3) is 0.0357. The summed E-state index contributed by atoms with van der Waals surface area (Å²) in [6.07, 6.45) is 0. The number of halogens is 1. The summed E-state index contributed by atoms with van der Waals surface area (Å²) in [4.78, 5) is 0. The summed E-state index contributed by atoms with van der Waals surface area (Å²) in [6.45, 7) is 2.09. The van der Waals surface area contributed by atoms with Crippen LogP contribution in [-0.2, 0) is 0 Å². The van der Waals surface area contributed by atoms with E-state index in [1.807, 2.05) is 36.4 Å². The Balaban J connectivity index is 1.95. The second-order valence-corrected chi connectivity index (χ2v) is 8.50. The molecule has 0 bridgehead atoms. The third-order valence-corrected chi connectivity index (χ3v) is 6.11. The molecule has 5 aromatic rings. The van der Waals surface area contributed by atoms with Crippen molar-refractivity contribution in [1.29, 1.82) is 0 Å². The van der Waals surface area contributed by atoms with Gasteiger partial charge in [0.05, 0.1) is 11.4 Å². The first kappa shape index (κ1) is 20.5. The quantitative estimate of drug-likeness (QED) is 0.249. The summed E-state index contributed by atoms with van der Waals surface area (Å²) in [6, 6.07) is 37.1. The maximum absolute atomic E-state index is 6.39. The van der Waals surface area contributed by atoms with Crippen LogP contribution in [0.4, 0.5) is 0 Å². The Hall–Kier alpha value is -3.40. The molecule has 0 atom stereocenters. The molecule has 1 aromatic heterocycles. The lowest BCUT2D eigenvalue weighted by atomic mass is 10.0. The SMILES string of the molecule is Cc1ccc(-n2c(-c3ccccc3)c(-c3ccccc3)n(-c3cccc(Cl)c3)c2=S)cc1. The van der Waals surface area contributed by atoms with Crippen molar-refractivity contribution in [2.75, 3.05) is 0 Å². The zero-order chi connectivity index (χ0) is 22.1. The van der Waals surface area contributed by atoms with E-state index in [4.69, 9.17) is 23.8 Å². The minimum atomic E-state index is 0.674.